The molecule has 0 N–H and O–H groups in total. The maximum Gasteiger partial charge on any atom is 0.185 e. The summed E-state index contributed by atoms with van der Waals surface area (Å²) in [5.41, 5.74) is 1.04. The van der Waals surface area contributed by atoms with Gasteiger partial charge in [-0.05, 0) is 36.8 Å². The smallest absolute Gasteiger partial charge is 0.185 e. The van der Waals surface area contributed by atoms with Crippen molar-refractivity contribution in [3.8, 4) is 0 Å². The number of hydrogen-bond donors (Lipinski definition) is 0. The second-order valence-electron chi connectivity index (χ2n) is 6.65. The summed E-state index contributed by atoms with van der Waals surface area (Å²) in [5, 5.41) is 0.957. The first-order valence-electron chi connectivity index (χ1n) is 8.87. The minimum Gasteiger partial charge on any atom is -0.468 e. The Morgan fingerprint density at radius 3 is 2.22 bits per heavy atom. The van der Waals surface area contributed by atoms with Crippen molar-refractivity contribution in [1.29, 1.82) is 0 Å². The van der Waals surface area contributed by atoms with Crippen LogP contribution in [0.3, 0.4) is 0 Å². The second-order valence-corrected chi connectivity index (χ2v) is 8.76. The van der Waals surface area contributed by atoms with Crippen LogP contribution in [0.2, 0.25) is 0 Å². The van der Waals surface area contributed by atoms with E-state index in [1.165, 1.54) is 0 Å². The molecule has 0 radical (unpaired) electrons. The Morgan fingerprint density at radius 1 is 0.926 bits per heavy atom. The summed E-state index contributed by atoms with van der Waals surface area (Å²) in [6, 6.07) is 21.4. The van der Waals surface area contributed by atoms with Gasteiger partial charge in [-0.25, -0.2) is 8.42 Å². The van der Waals surface area contributed by atoms with E-state index in [0.29, 0.717) is 17.2 Å². The predicted octanol–water partition coefficient (Wildman–Crippen LogP) is 4.00. The fourth-order valence-electron chi connectivity index (χ4n) is 3.61. The number of nitrogens with zero attached hydrogens (tertiary/aromatic N) is 1. The van der Waals surface area contributed by atoms with E-state index in [0.717, 1.165) is 5.56 Å². The Hall–Kier alpha value is -2.41. The first-order valence-corrected chi connectivity index (χ1v) is 10.4. The Bertz CT molecular complexity index is 972. The van der Waals surface area contributed by atoms with Crippen molar-refractivity contribution < 1.29 is 17.7 Å². The molecule has 1 aliphatic rings. The summed E-state index contributed by atoms with van der Waals surface area (Å²) in [7, 11) is -3.61. The molecule has 4 rings (SSSR count). The number of benzene rings is 2. The molecule has 0 unspecified atom stereocenters. The summed E-state index contributed by atoms with van der Waals surface area (Å²) >= 11 is 0. The van der Waals surface area contributed by atoms with Crippen LogP contribution in [-0.4, -0.2) is 24.8 Å². The molecule has 2 aromatic carbocycles. The molecule has 1 aromatic heterocycles. The molecule has 140 valence electrons. The average molecular weight is 383 g/mol. The fraction of sp³-hybridized carbons (Fsp3) is 0.238. The number of furan rings is 1. The third kappa shape index (κ3) is 3.43. The molecular formula is C21H21NO4S. The summed E-state index contributed by atoms with van der Waals surface area (Å²) in [5.74, 6) is 0.583. The number of rotatable bonds is 5. The van der Waals surface area contributed by atoms with Crippen molar-refractivity contribution in [3.63, 3.8) is 0 Å². The summed E-state index contributed by atoms with van der Waals surface area (Å²) < 4.78 is 32.4. The standard InChI is InChI=1S/C21H21NO4S/c1-16-21(27(23,24)18-11-6-3-7-12-18)20(19-13-8-14-25-19)22(26-16)15-17-9-4-2-5-10-17/h2-14,16,20-21H,15H2,1H3/t16-,20+,21-/m1/s1. The van der Waals surface area contributed by atoms with Gasteiger partial charge in [0.25, 0.3) is 0 Å². The van der Waals surface area contributed by atoms with Crippen molar-refractivity contribution in [2.45, 2.75) is 35.8 Å². The van der Waals surface area contributed by atoms with Gasteiger partial charge in [-0.2, -0.15) is 5.06 Å². The highest BCUT2D eigenvalue weighted by Gasteiger charge is 2.51. The van der Waals surface area contributed by atoms with Crippen LogP contribution in [0.4, 0.5) is 0 Å². The van der Waals surface area contributed by atoms with E-state index in [9.17, 15) is 8.42 Å². The molecule has 3 aromatic rings. The first-order chi connectivity index (χ1) is 13.1. The van der Waals surface area contributed by atoms with Crippen LogP contribution in [0.5, 0.6) is 0 Å². The summed E-state index contributed by atoms with van der Waals surface area (Å²) in [6.07, 6.45) is 1.06. The van der Waals surface area contributed by atoms with Crippen LogP contribution in [0.25, 0.3) is 0 Å². The fourth-order valence-corrected chi connectivity index (χ4v) is 5.63. The quantitative estimate of drug-likeness (QED) is 0.666. The lowest BCUT2D eigenvalue weighted by atomic mass is 10.1. The molecule has 0 spiro atoms. The second kappa shape index (κ2) is 7.31. The highest BCUT2D eigenvalue weighted by Crippen LogP contribution is 2.41. The van der Waals surface area contributed by atoms with Gasteiger partial charge in [-0.15, -0.1) is 0 Å². The van der Waals surface area contributed by atoms with E-state index >= 15 is 0 Å². The zero-order valence-electron chi connectivity index (χ0n) is 14.9. The van der Waals surface area contributed by atoms with Gasteiger partial charge in [0, 0.05) is 6.54 Å². The molecular weight excluding hydrogens is 362 g/mol. The molecule has 3 atom stereocenters. The molecule has 0 bridgehead atoms. The first kappa shape index (κ1) is 18.0. The number of sulfone groups is 1. The van der Waals surface area contributed by atoms with E-state index < -0.39 is 27.2 Å². The highest BCUT2D eigenvalue weighted by molar-refractivity contribution is 7.92. The van der Waals surface area contributed by atoms with Crippen LogP contribution >= 0.6 is 0 Å². The molecule has 0 aliphatic carbocycles. The molecule has 5 nitrogen and oxygen atoms in total. The predicted molar refractivity (Wildman–Crippen MR) is 101 cm³/mol. The van der Waals surface area contributed by atoms with Gasteiger partial charge in [0.05, 0.1) is 17.3 Å². The molecule has 0 amide bonds. The van der Waals surface area contributed by atoms with Crippen LogP contribution in [0, 0.1) is 0 Å². The lowest BCUT2D eigenvalue weighted by Gasteiger charge is -2.24. The zero-order chi connectivity index (χ0) is 18.9. The van der Waals surface area contributed by atoms with Gasteiger partial charge < -0.3 is 4.42 Å². The highest BCUT2D eigenvalue weighted by atomic mass is 32.2. The van der Waals surface area contributed by atoms with Gasteiger partial charge in [0.15, 0.2) is 9.84 Å². The van der Waals surface area contributed by atoms with E-state index in [2.05, 4.69) is 0 Å². The maximum atomic E-state index is 13.4. The van der Waals surface area contributed by atoms with Gasteiger partial charge in [-0.3, -0.25) is 4.84 Å². The van der Waals surface area contributed by atoms with Crippen molar-refractivity contribution >= 4 is 9.84 Å². The van der Waals surface area contributed by atoms with Crippen molar-refractivity contribution in [2.24, 2.45) is 0 Å². The maximum absolute atomic E-state index is 13.4. The zero-order valence-corrected chi connectivity index (χ0v) is 15.7. The summed E-state index contributed by atoms with van der Waals surface area (Å²) in [6.45, 7) is 2.27. The van der Waals surface area contributed by atoms with Crippen LogP contribution < -0.4 is 0 Å². The van der Waals surface area contributed by atoms with Crippen molar-refractivity contribution in [2.75, 3.05) is 0 Å². The molecule has 1 aliphatic heterocycles. The van der Waals surface area contributed by atoms with Gasteiger partial charge in [0.1, 0.15) is 17.1 Å². The normalized spacial score (nSPS) is 23.5. The Kier molecular flexibility index (Phi) is 4.86. The lowest BCUT2D eigenvalue weighted by molar-refractivity contribution is -0.168. The van der Waals surface area contributed by atoms with E-state index in [1.54, 1.807) is 60.7 Å². The van der Waals surface area contributed by atoms with Gasteiger partial charge in [0.2, 0.25) is 0 Å². The number of hydroxylamine groups is 2. The Balaban J connectivity index is 1.74. The van der Waals surface area contributed by atoms with E-state index in [4.69, 9.17) is 9.25 Å². The number of hydrogen-bond acceptors (Lipinski definition) is 5. The molecule has 2 heterocycles. The summed E-state index contributed by atoms with van der Waals surface area (Å²) in [4.78, 5) is 6.31. The lowest BCUT2D eigenvalue weighted by Crippen LogP contribution is -2.34. The van der Waals surface area contributed by atoms with Gasteiger partial charge >= 0.3 is 0 Å². The largest absolute Gasteiger partial charge is 0.468 e. The van der Waals surface area contributed by atoms with Gasteiger partial charge in [-0.1, -0.05) is 48.5 Å². The Labute approximate surface area is 159 Å². The van der Waals surface area contributed by atoms with Crippen LogP contribution in [0.15, 0.2) is 88.4 Å². The van der Waals surface area contributed by atoms with Crippen LogP contribution in [0.1, 0.15) is 24.3 Å². The third-order valence-corrected chi connectivity index (χ3v) is 7.12. The molecule has 1 saturated heterocycles. The average Bonchev–Trinajstić information content (AvgIpc) is 3.31. The molecule has 1 fully saturated rings. The minimum absolute atomic E-state index is 0.295. The van der Waals surface area contributed by atoms with Crippen molar-refractivity contribution in [3.05, 3.63) is 90.4 Å². The van der Waals surface area contributed by atoms with Crippen LogP contribution in [-0.2, 0) is 21.2 Å². The molecule has 27 heavy (non-hydrogen) atoms. The van der Waals surface area contributed by atoms with E-state index in [1.807, 2.05) is 30.3 Å². The molecule has 6 heteroatoms. The SMILES string of the molecule is C[C@H]1ON(Cc2ccccc2)[C@@H](c2ccco2)[C@@H]1S(=O)(=O)c1ccccc1. The van der Waals surface area contributed by atoms with Crippen molar-refractivity contribution in [1.82, 2.24) is 5.06 Å². The Morgan fingerprint density at radius 2 is 1.59 bits per heavy atom. The monoisotopic (exact) mass is 383 g/mol. The molecule has 0 saturated carbocycles. The third-order valence-electron chi connectivity index (χ3n) is 4.83. The van der Waals surface area contributed by atoms with E-state index in [-0.39, 0.29) is 0 Å². The topological polar surface area (TPSA) is 59.8 Å². The minimum atomic E-state index is -3.61.